The first-order valence-electron chi connectivity index (χ1n) is 11.5. The summed E-state index contributed by atoms with van der Waals surface area (Å²) < 4.78 is 46.9. The molecule has 12 heteroatoms. The van der Waals surface area contributed by atoms with Crippen molar-refractivity contribution < 1.29 is 17.9 Å². The zero-order valence-electron chi connectivity index (χ0n) is 19.6. The number of fused-ring (bicyclic) bond motifs is 1. The summed E-state index contributed by atoms with van der Waals surface area (Å²) in [5, 5.41) is 0.535. The molecule has 1 aliphatic rings. The molecular weight excluding hydrogens is 529 g/mol. The van der Waals surface area contributed by atoms with E-state index in [9.17, 15) is 22.8 Å². The molecule has 7 nitrogen and oxygen atoms in total. The second-order valence-electron chi connectivity index (χ2n) is 9.12. The highest BCUT2D eigenvalue weighted by Gasteiger charge is 2.30. The first kappa shape index (κ1) is 25.5. The Morgan fingerprint density at radius 2 is 1.95 bits per heavy atom. The van der Waals surface area contributed by atoms with Gasteiger partial charge in [0.05, 0.1) is 16.8 Å². The minimum absolute atomic E-state index is 0.00803. The van der Waals surface area contributed by atoms with Gasteiger partial charge in [0.15, 0.2) is 0 Å². The number of aryl methyl sites for hydroxylation is 1. The molecule has 0 spiro atoms. The van der Waals surface area contributed by atoms with Gasteiger partial charge in [-0.1, -0.05) is 11.6 Å². The van der Waals surface area contributed by atoms with Crippen LogP contribution in [-0.2, 0) is 13.1 Å². The van der Waals surface area contributed by atoms with Crippen molar-refractivity contribution in [2.45, 2.75) is 51.2 Å². The fourth-order valence-corrected chi connectivity index (χ4v) is 5.81. The van der Waals surface area contributed by atoms with Gasteiger partial charge in [-0.05, 0) is 49.6 Å². The van der Waals surface area contributed by atoms with Gasteiger partial charge in [-0.3, -0.25) is 18.9 Å². The van der Waals surface area contributed by atoms with Crippen molar-refractivity contribution in [1.82, 2.24) is 14.1 Å². The SMILES string of the molecule is Cc1cc(Cl)cc(-c2ccnc3cc(Cn4c(=O)ccn(CC(F)(F)F)c4=O)sc23)c1O[C@H]1C[C@H](N)C1. The molecule has 1 aliphatic carbocycles. The van der Waals surface area contributed by atoms with E-state index in [1.807, 2.05) is 25.1 Å². The van der Waals surface area contributed by atoms with Crippen LogP contribution in [0.2, 0.25) is 5.02 Å². The van der Waals surface area contributed by atoms with Crippen LogP contribution in [0, 0.1) is 6.92 Å². The highest BCUT2D eigenvalue weighted by atomic mass is 35.5. The molecule has 0 aliphatic heterocycles. The van der Waals surface area contributed by atoms with Crippen molar-refractivity contribution in [2.24, 2.45) is 5.73 Å². The van der Waals surface area contributed by atoms with E-state index in [0.29, 0.717) is 25.7 Å². The van der Waals surface area contributed by atoms with Crippen molar-refractivity contribution in [2.75, 3.05) is 0 Å². The molecular formula is C25H22ClF3N4O3S. The first-order chi connectivity index (χ1) is 17.5. The molecule has 3 aromatic heterocycles. The van der Waals surface area contributed by atoms with E-state index < -0.39 is 24.0 Å². The van der Waals surface area contributed by atoms with Gasteiger partial charge in [-0.15, -0.1) is 11.3 Å². The van der Waals surface area contributed by atoms with Crippen LogP contribution in [0.15, 0.2) is 52.3 Å². The molecule has 1 aromatic carbocycles. The van der Waals surface area contributed by atoms with Crippen molar-refractivity contribution in [3.05, 3.63) is 79.0 Å². The third-order valence-electron chi connectivity index (χ3n) is 6.21. The van der Waals surface area contributed by atoms with Gasteiger partial charge < -0.3 is 10.5 Å². The number of pyridine rings is 1. The number of benzene rings is 1. The molecule has 0 amide bonds. The van der Waals surface area contributed by atoms with E-state index in [0.717, 1.165) is 51.1 Å². The molecule has 2 N–H and O–H groups in total. The third kappa shape index (κ3) is 5.29. The Labute approximate surface area is 217 Å². The summed E-state index contributed by atoms with van der Waals surface area (Å²) in [5.41, 5.74) is 7.27. The normalized spacial score (nSPS) is 17.7. The minimum atomic E-state index is -4.60. The van der Waals surface area contributed by atoms with Crippen LogP contribution in [0.5, 0.6) is 5.75 Å². The molecule has 37 heavy (non-hydrogen) atoms. The van der Waals surface area contributed by atoms with Crippen LogP contribution in [0.25, 0.3) is 21.3 Å². The van der Waals surface area contributed by atoms with Crippen LogP contribution < -0.4 is 21.7 Å². The molecule has 1 saturated carbocycles. The molecule has 0 saturated heterocycles. The highest BCUT2D eigenvalue weighted by Crippen LogP contribution is 2.42. The fraction of sp³-hybridized carbons (Fsp3) is 0.320. The average Bonchev–Trinajstić information content (AvgIpc) is 3.21. The Morgan fingerprint density at radius 1 is 1.19 bits per heavy atom. The standard InChI is InChI=1S/C25H22ClF3N4O3S/c1-13-6-14(26)7-19(22(13)36-16-8-15(30)9-16)18-2-4-31-20-10-17(37-23(18)20)11-33-21(34)3-5-32(24(33)35)12-25(27,28)29/h2-7,10,15-16H,8-9,11-12,30H2,1H3/t15-,16-. The zero-order chi connectivity index (χ0) is 26.5. The van der Waals surface area contributed by atoms with Gasteiger partial charge in [-0.2, -0.15) is 13.2 Å². The summed E-state index contributed by atoms with van der Waals surface area (Å²) in [7, 11) is 0. The van der Waals surface area contributed by atoms with Gasteiger partial charge in [0.2, 0.25) is 0 Å². The topological polar surface area (TPSA) is 92.1 Å². The lowest BCUT2D eigenvalue weighted by molar-refractivity contribution is -0.141. The number of nitrogens with zero attached hydrogens (tertiary/aromatic N) is 3. The first-order valence-corrected chi connectivity index (χ1v) is 12.6. The molecule has 0 atom stereocenters. The Kier molecular flexibility index (Phi) is 6.63. The monoisotopic (exact) mass is 550 g/mol. The van der Waals surface area contributed by atoms with Crippen molar-refractivity contribution in [1.29, 1.82) is 0 Å². The molecule has 1 fully saturated rings. The van der Waals surface area contributed by atoms with E-state index in [4.69, 9.17) is 22.1 Å². The molecule has 4 aromatic rings. The van der Waals surface area contributed by atoms with E-state index in [-0.39, 0.29) is 18.7 Å². The summed E-state index contributed by atoms with van der Waals surface area (Å²) in [4.78, 5) is 30.0. The van der Waals surface area contributed by atoms with E-state index in [2.05, 4.69) is 4.98 Å². The van der Waals surface area contributed by atoms with Crippen LogP contribution in [-0.4, -0.2) is 32.4 Å². The number of hydrogen-bond acceptors (Lipinski definition) is 6. The Bertz CT molecular complexity index is 1610. The third-order valence-corrected chi connectivity index (χ3v) is 7.57. The minimum Gasteiger partial charge on any atom is -0.489 e. The number of nitrogens with two attached hydrogens (primary N) is 1. The van der Waals surface area contributed by atoms with Gasteiger partial charge >= 0.3 is 11.9 Å². The molecule has 5 rings (SSSR count). The van der Waals surface area contributed by atoms with Crippen molar-refractivity contribution >= 4 is 33.2 Å². The number of rotatable bonds is 6. The number of thiophene rings is 1. The number of ether oxygens (including phenoxy) is 1. The maximum absolute atomic E-state index is 12.9. The van der Waals surface area contributed by atoms with Crippen molar-refractivity contribution in [3.8, 4) is 16.9 Å². The van der Waals surface area contributed by atoms with E-state index in [1.165, 1.54) is 11.3 Å². The lowest BCUT2D eigenvalue weighted by Gasteiger charge is -2.33. The van der Waals surface area contributed by atoms with Crippen LogP contribution >= 0.6 is 22.9 Å². The number of aromatic nitrogens is 3. The second-order valence-corrected chi connectivity index (χ2v) is 10.7. The smallest absolute Gasteiger partial charge is 0.406 e. The van der Waals surface area contributed by atoms with Gasteiger partial charge in [0.25, 0.3) is 5.56 Å². The summed E-state index contributed by atoms with van der Waals surface area (Å²) in [5.74, 6) is 0.693. The summed E-state index contributed by atoms with van der Waals surface area (Å²) in [6, 6.07) is 8.27. The number of halogens is 4. The lowest BCUT2D eigenvalue weighted by atomic mass is 9.90. The number of alkyl halides is 3. The molecule has 3 heterocycles. The average molecular weight is 551 g/mol. The quantitative estimate of drug-likeness (QED) is 0.375. The summed E-state index contributed by atoms with van der Waals surface area (Å²) in [6.45, 7) is 0.247. The number of hydrogen-bond donors (Lipinski definition) is 1. The Hall–Kier alpha value is -3.15. The van der Waals surface area contributed by atoms with E-state index >= 15 is 0 Å². The zero-order valence-corrected chi connectivity index (χ0v) is 21.2. The second kappa shape index (κ2) is 9.62. The summed E-state index contributed by atoms with van der Waals surface area (Å²) >= 11 is 7.69. The van der Waals surface area contributed by atoms with Crippen LogP contribution in [0.3, 0.4) is 0 Å². The largest absolute Gasteiger partial charge is 0.489 e. The lowest BCUT2D eigenvalue weighted by Crippen LogP contribution is -2.43. The highest BCUT2D eigenvalue weighted by molar-refractivity contribution is 7.19. The molecule has 0 unspecified atom stereocenters. The Morgan fingerprint density at radius 3 is 2.65 bits per heavy atom. The maximum Gasteiger partial charge on any atom is 0.406 e. The van der Waals surface area contributed by atoms with Gasteiger partial charge in [0.1, 0.15) is 18.4 Å². The Balaban J connectivity index is 1.55. The maximum atomic E-state index is 12.9. The summed E-state index contributed by atoms with van der Waals surface area (Å²) in [6.07, 6.45) is -0.576. The van der Waals surface area contributed by atoms with Crippen LogP contribution in [0.4, 0.5) is 13.2 Å². The fourth-order valence-electron chi connectivity index (χ4n) is 4.40. The molecule has 0 bridgehead atoms. The van der Waals surface area contributed by atoms with Crippen LogP contribution in [0.1, 0.15) is 23.3 Å². The predicted octanol–water partition coefficient (Wildman–Crippen LogP) is 4.73. The van der Waals surface area contributed by atoms with Gasteiger partial charge in [-0.25, -0.2) is 4.79 Å². The molecule has 194 valence electrons. The molecule has 0 radical (unpaired) electrons. The van der Waals surface area contributed by atoms with E-state index in [1.54, 1.807) is 12.3 Å². The van der Waals surface area contributed by atoms with Crippen molar-refractivity contribution in [3.63, 3.8) is 0 Å². The van der Waals surface area contributed by atoms with Gasteiger partial charge in [0, 0.05) is 45.5 Å². The predicted molar refractivity (Wildman–Crippen MR) is 137 cm³/mol.